The Bertz CT molecular complexity index is 183. The molecule has 0 bridgehead atoms. The molecule has 0 aromatic carbocycles. The van der Waals surface area contributed by atoms with Crippen LogP contribution in [-0.4, -0.2) is 47.7 Å². The maximum absolute atomic E-state index is 11.5. The second-order valence-corrected chi connectivity index (χ2v) is 4.11. The fourth-order valence-electron chi connectivity index (χ4n) is 1.30. The minimum absolute atomic E-state index is 0.0233. The van der Waals surface area contributed by atoms with Gasteiger partial charge in [-0.05, 0) is 26.8 Å². The number of nitrogens with zero attached hydrogens (tertiary/aromatic N) is 1. The van der Waals surface area contributed by atoms with Crippen molar-refractivity contribution in [3.8, 4) is 0 Å². The summed E-state index contributed by atoms with van der Waals surface area (Å²) < 4.78 is 0. The molecule has 2 N–H and O–H groups in total. The van der Waals surface area contributed by atoms with Crippen LogP contribution in [0.5, 0.6) is 0 Å². The van der Waals surface area contributed by atoms with Crippen molar-refractivity contribution in [1.29, 1.82) is 0 Å². The highest BCUT2D eigenvalue weighted by Crippen LogP contribution is 1.96. The van der Waals surface area contributed by atoms with Crippen LogP contribution in [0.15, 0.2) is 0 Å². The van der Waals surface area contributed by atoms with E-state index in [1.165, 1.54) is 0 Å². The molecule has 0 aliphatic heterocycles. The number of hydrogen-bond donors (Lipinski definition) is 2. The van der Waals surface area contributed by atoms with Gasteiger partial charge in [-0.2, -0.15) is 0 Å². The quantitative estimate of drug-likeness (QED) is 0.655. The number of hydrogen-bond acceptors (Lipinski definition) is 3. The summed E-state index contributed by atoms with van der Waals surface area (Å²) in [6.07, 6.45) is 0.388. The third kappa shape index (κ3) is 7.33. The molecular formula is C11H24N2O2. The molecule has 1 atom stereocenters. The average molecular weight is 216 g/mol. The van der Waals surface area contributed by atoms with Gasteiger partial charge in [0.05, 0.1) is 12.6 Å². The van der Waals surface area contributed by atoms with Crippen LogP contribution in [0.2, 0.25) is 0 Å². The molecule has 0 aliphatic rings. The van der Waals surface area contributed by atoms with Crippen LogP contribution in [0.4, 0.5) is 0 Å². The zero-order chi connectivity index (χ0) is 11.8. The van der Waals surface area contributed by atoms with E-state index in [4.69, 9.17) is 0 Å². The Morgan fingerprint density at radius 2 is 2.00 bits per heavy atom. The summed E-state index contributed by atoms with van der Waals surface area (Å²) in [6, 6.07) is 0.173. The molecule has 0 spiro atoms. The van der Waals surface area contributed by atoms with Gasteiger partial charge in [0.1, 0.15) is 0 Å². The van der Waals surface area contributed by atoms with Crippen LogP contribution < -0.4 is 5.32 Å². The Morgan fingerprint density at radius 3 is 2.40 bits per heavy atom. The van der Waals surface area contributed by atoms with Crippen LogP contribution in [-0.2, 0) is 4.79 Å². The van der Waals surface area contributed by atoms with Gasteiger partial charge in [-0.3, -0.25) is 9.69 Å². The van der Waals surface area contributed by atoms with E-state index in [9.17, 15) is 9.90 Å². The van der Waals surface area contributed by atoms with Gasteiger partial charge in [0.2, 0.25) is 5.91 Å². The molecule has 4 heteroatoms. The van der Waals surface area contributed by atoms with Crippen LogP contribution in [0, 0.1) is 0 Å². The molecule has 15 heavy (non-hydrogen) atoms. The largest absolute Gasteiger partial charge is 0.392 e. The molecule has 0 aromatic heterocycles. The van der Waals surface area contributed by atoms with Crippen molar-refractivity contribution in [3.05, 3.63) is 0 Å². The lowest BCUT2D eigenvalue weighted by molar-refractivity contribution is -0.123. The van der Waals surface area contributed by atoms with Gasteiger partial charge in [0.25, 0.3) is 0 Å². The number of rotatable bonds is 7. The van der Waals surface area contributed by atoms with Gasteiger partial charge >= 0.3 is 0 Å². The number of carbonyl (C=O) groups excluding carboxylic acids is 1. The molecular weight excluding hydrogens is 192 g/mol. The van der Waals surface area contributed by atoms with E-state index >= 15 is 0 Å². The molecule has 0 saturated heterocycles. The Kier molecular flexibility index (Phi) is 7.34. The predicted molar refractivity (Wildman–Crippen MR) is 61.7 cm³/mol. The molecule has 0 aromatic rings. The van der Waals surface area contributed by atoms with Gasteiger partial charge in [0.15, 0.2) is 0 Å². The molecule has 4 nitrogen and oxygen atoms in total. The first-order chi connectivity index (χ1) is 6.99. The first-order valence-corrected chi connectivity index (χ1v) is 5.69. The summed E-state index contributed by atoms with van der Waals surface area (Å²) in [5.41, 5.74) is 0. The summed E-state index contributed by atoms with van der Waals surface area (Å²) in [5.74, 6) is 0.0233. The predicted octanol–water partition coefficient (Wildman–Crippen LogP) is 0.604. The summed E-state index contributed by atoms with van der Waals surface area (Å²) in [4.78, 5) is 13.4. The minimum atomic E-state index is -0.336. The highest BCUT2D eigenvalue weighted by Gasteiger charge is 2.12. The van der Waals surface area contributed by atoms with Crippen molar-refractivity contribution >= 4 is 5.91 Å². The summed E-state index contributed by atoms with van der Waals surface area (Å²) in [5, 5.41) is 12.3. The Balaban J connectivity index is 3.92. The van der Waals surface area contributed by atoms with Crippen molar-refractivity contribution in [2.75, 3.05) is 19.6 Å². The van der Waals surface area contributed by atoms with Gasteiger partial charge in [-0.25, -0.2) is 0 Å². The molecule has 0 fully saturated rings. The molecule has 90 valence electrons. The number of carbonyl (C=O) groups is 1. The van der Waals surface area contributed by atoms with Gasteiger partial charge in [-0.15, -0.1) is 0 Å². The molecule has 0 heterocycles. The molecule has 0 saturated carbocycles. The molecule has 0 rings (SSSR count). The lowest BCUT2D eigenvalue weighted by atomic mass is 10.2. The maximum Gasteiger partial charge on any atom is 0.234 e. The number of aliphatic hydroxyl groups is 1. The Morgan fingerprint density at radius 1 is 1.40 bits per heavy atom. The number of amides is 1. The summed E-state index contributed by atoms with van der Waals surface area (Å²) in [7, 11) is 0. The second kappa shape index (κ2) is 7.65. The molecule has 1 amide bonds. The van der Waals surface area contributed by atoms with Crippen molar-refractivity contribution in [2.45, 2.75) is 46.3 Å². The van der Waals surface area contributed by atoms with E-state index in [0.717, 1.165) is 13.0 Å². The number of aliphatic hydroxyl groups excluding tert-OH is 1. The number of nitrogens with one attached hydrogen (secondary N) is 1. The average Bonchev–Trinajstić information content (AvgIpc) is 2.15. The lowest BCUT2D eigenvalue weighted by Gasteiger charge is -2.22. The van der Waals surface area contributed by atoms with Crippen molar-refractivity contribution in [3.63, 3.8) is 0 Å². The standard InChI is InChI=1S/C11H24N2O2/c1-5-10(14)7-13(6-2)8-11(15)12-9(3)4/h9-10,14H,5-8H2,1-4H3,(H,12,15). The van der Waals surface area contributed by atoms with E-state index in [1.807, 2.05) is 32.6 Å². The first kappa shape index (κ1) is 14.4. The smallest absolute Gasteiger partial charge is 0.234 e. The van der Waals surface area contributed by atoms with Crippen LogP contribution in [0.3, 0.4) is 0 Å². The van der Waals surface area contributed by atoms with Gasteiger partial charge in [0, 0.05) is 12.6 Å². The van der Waals surface area contributed by atoms with E-state index < -0.39 is 0 Å². The van der Waals surface area contributed by atoms with Gasteiger partial charge in [-0.1, -0.05) is 13.8 Å². The second-order valence-electron chi connectivity index (χ2n) is 4.11. The minimum Gasteiger partial charge on any atom is -0.392 e. The van der Waals surface area contributed by atoms with E-state index in [1.54, 1.807) is 0 Å². The van der Waals surface area contributed by atoms with Crippen LogP contribution in [0.1, 0.15) is 34.1 Å². The third-order valence-corrected chi connectivity index (χ3v) is 2.20. The summed E-state index contributed by atoms with van der Waals surface area (Å²) in [6.45, 7) is 9.52. The van der Waals surface area contributed by atoms with Crippen LogP contribution >= 0.6 is 0 Å². The van der Waals surface area contributed by atoms with Crippen molar-refractivity contribution in [2.24, 2.45) is 0 Å². The molecule has 0 radical (unpaired) electrons. The van der Waals surface area contributed by atoms with Gasteiger partial charge < -0.3 is 10.4 Å². The zero-order valence-electron chi connectivity index (χ0n) is 10.3. The maximum atomic E-state index is 11.5. The fourth-order valence-corrected chi connectivity index (χ4v) is 1.30. The van der Waals surface area contributed by atoms with E-state index in [-0.39, 0.29) is 18.1 Å². The zero-order valence-corrected chi connectivity index (χ0v) is 10.3. The third-order valence-electron chi connectivity index (χ3n) is 2.20. The lowest BCUT2D eigenvalue weighted by Crippen LogP contribution is -2.42. The Hall–Kier alpha value is -0.610. The van der Waals surface area contributed by atoms with E-state index in [2.05, 4.69) is 5.32 Å². The normalized spacial score (nSPS) is 13.3. The summed E-state index contributed by atoms with van der Waals surface area (Å²) >= 11 is 0. The monoisotopic (exact) mass is 216 g/mol. The van der Waals surface area contributed by atoms with E-state index in [0.29, 0.717) is 13.1 Å². The SMILES string of the molecule is CCC(O)CN(CC)CC(=O)NC(C)C. The van der Waals surface area contributed by atoms with Crippen LogP contribution in [0.25, 0.3) is 0 Å². The Labute approximate surface area is 92.7 Å². The topological polar surface area (TPSA) is 52.6 Å². The fraction of sp³-hybridized carbons (Fsp3) is 0.909. The first-order valence-electron chi connectivity index (χ1n) is 5.69. The highest BCUT2D eigenvalue weighted by atomic mass is 16.3. The highest BCUT2D eigenvalue weighted by molar-refractivity contribution is 5.78. The number of likely N-dealkylation sites (N-methyl/N-ethyl adjacent to an activating group) is 1. The van der Waals surface area contributed by atoms with Crippen molar-refractivity contribution in [1.82, 2.24) is 10.2 Å². The molecule has 0 aliphatic carbocycles. The molecule has 1 unspecified atom stereocenters. The van der Waals surface area contributed by atoms with Crippen molar-refractivity contribution < 1.29 is 9.90 Å².